The predicted molar refractivity (Wildman–Crippen MR) is 141 cm³/mol. The molecule has 2 aliphatic rings. The number of nitrogens with zero attached hydrogens (tertiary/aromatic N) is 2. The van der Waals surface area contributed by atoms with E-state index in [0.717, 1.165) is 11.3 Å². The topological polar surface area (TPSA) is 93.4 Å². The molecule has 0 saturated heterocycles. The van der Waals surface area contributed by atoms with Gasteiger partial charge in [0, 0.05) is 5.70 Å². The van der Waals surface area contributed by atoms with Gasteiger partial charge < -0.3 is 24.1 Å². The van der Waals surface area contributed by atoms with Crippen molar-refractivity contribution >= 4 is 28.8 Å². The fourth-order valence-corrected chi connectivity index (χ4v) is 5.22. The lowest BCUT2D eigenvalue weighted by atomic mass is 9.93. The van der Waals surface area contributed by atoms with Crippen LogP contribution in [0.5, 0.6) is 11.5 Å². The Morgan fingerprint density at radius 2 is 1.89 bits per heavy atom. The number of furan rings is 1. The van der Waals surface area contributed by atoms with Gasteiger partial charge >= 0.3 is 5.97 Å². The highest BCUT2D eigenvalue weighted by atomic mass is 32.2. The SMILES string of the molecule is COC(=O)C1=C(C)N=C2SC=C(CC(=O)NCc3ccco3)N2[C@H]1c1cccc(Oc2ccccc2)c1. The van der Waals surface area contributed by atoms with Crippen molar-refractivity contribution in [3.8, 4) is 11.5 Å². The van der Waals surface area contributed by atoms with Gasteiger partial charge in [-0.25, -0.2) is 9.79 Å². The van der Waals surface area contributed by atoms with Gasteiger partial charge in [-0.1, -0.05) is 42.1 Å². The first-order valence-corrected chi connectivity index (χ1v) is 12.6. The van der Waals surface area contributed by atoms with E-state index < -0.39 is 12.0 Å². The molecule has 0 radical (unpaired) electrons. The van der Waals surface area contributed by atoms with Gasteiger partial charge in [0.05, 0.1) is 43.7 Å². The number of carbonyl (C=O) groups is 2. The molecule has 1 aromatic heterocycles. The number of ether oxygens (including phenoxy) is 2. The lowest BCUT2D eigenvalue weighted by Gasteiger charge is -2.36. The highest BCUT2D eigenvalue weighted by Gasteiger charge is 2.41. The first-order valence-electron chi connectivity index (χ1n) is 11.7. The van der Waals surface area contributed by atoms with E-state index in [2.05, 4.69) is 10.3 Å². The second kappa shape index (κ2) is 10.8. The fourth-order valence-electron chi connectivity index (χ4n) is 4.25. The predicted octanol–water partition coefficient (Wildman–Crippen LogP) is 5.53. The van der Waals surface area contributed by atoms with Crippen LogP contribution >= 0.6 is 11.8 Å². The fraction of sp³-hybridized carbons (Fsp3) is 0.179. The average molecular weight is 516 g/mol. The number of esters is 1. The molecule has 1 atom stereocenters. The third-order valence-electron chi connectivity index (χ3n) is 5.94. The molecule has 2 aromatic carbocycles. The highest BCUT2D eigenvalue weighted by molar-refractivity contribution is 8.16. The number of thioether (sulfide) groups is 1. The van der Waals surface area contributed by atoms with Gasteiger partial charge in [-0.2, -0.15) is 0 Å². The number of methoxy groups -OCH3 is 1. The highest BCUT2D eigenvalue weighted by Crippen LogP contribution is 2.45. The van der Waals surface area contributed by atoms with Crippen LogP contribution in [-0.2, 0) is 20.9 Å². The molecule has 37 heavy (non-hydrogen) atoms. The Labute approximate surface area is 218 Å². The molecule has 0 unspecified atom stereocenters. The molecule has 9 heteroatoms. The third kappa shape index (κ3) is 5.31. The standard InChI is InChI=1S/C28H25N3O5S/c1-18-25(27(33)34-2)26(19-8-6-11-22(14-19)36-21-9-4-3-5-10-21)31-20(17-37-28(31)30-18)15-24(32)29-16-23-12-7-13-35-23/h3-14,17,26H,15-16H2,1-2H3,(H,29,32)/t26-/m0/s1. The minimum Gasteiger partial charge on any atom is -0.467 e. The number of amidine groups is 1. The van der Waals surface area contributed by atoms with E-state index in [1.165, 1.54) is 18.9 Å². The van der Waals surface area contributed by atoms with E-state index in [1.807, 2.05) is 64.9 Å². The minimum atomic E-state index is -0.543. The molecule has 0 saturated carbocycles. The summed E-state index contributed by atoms with van der Waals surface area (Å²) in [6, 6.07) is 20.1. The van der Waals surface area contributed by atoms with Gasteiger partial charge in [-0.3, -0.25) is 4.79 Å². The van der Waals surface area contributed by atoms with Gasteiger partial charge in [-0.05, 0) is 54.3 Å². The van der Waals surface area contributed by atoms with Crippen molar-refractivity contribution in [1.29, 1.82) is 0 Å². The zero-order valence-electron chi connectivity index (χ0n) is 20.3. The lowest BCUT2D eigenvalue weighted by molar-refractivity contribution is -0.136. The number of nitrogens with one attached hydrogen (secondary N) is 1. The first kappa shape index (κ1) is 24.5. The number of fused-ring (bicyclic) bond motifs is 1. The van der Waals surface area contributed by atoms with Gasteiger partial charge in [0.1, 0.15) is 17.3 Å². The summed E-state index contributed by atoms with van der Waals surface area (Å²) >= 11 is 1.42. The smallest absolute Gasteiger partial charge is 0.338 e. The molecular formula is C28H25N3O5S. The summed E-state index contributed by atoms with van der Waals surface area (Å²) in [4.78, 5) is 32.4. The zero-order chi connectivity index (χ0) is 25.8. The molecule has 0 bridgehead atoms. The Morgan fingerprint density at radius 3 is 2.65 bits per heavy atom. The summed E-state index contributed by atoms with van der Waals surface area (Å²) in [7, 11) is 1.35. The second-order valence-electron chi connectivity index (χ2n) is 8.41. The monoisotopic (exact) mass is 515 g/mol. The van der Waals surface area contributed by atoms with E-state index in [1.54, 1.807) is 25.3 Å². The molecule has 0 fully saturated rings. The quantitative estimate of drug-likeness (QED) is 0.395. The Bertz CT molecular complexity index is 1400. The minimum absolute atomic E-state index is 0.108. The zero-order valence-corrected chi connectivity index (χ0v) is 21.2. The Morgan fingerprint density at radius 1 is 1.08 bits per heavy atom. The molecular weight excluding hydrogens is 490 g/mol. The van der Waals surface area contributed by atoms with E-state index in [9.17, 15) is 9.59 Å². The molecule has 2 aliphatic heterocycles. The van der Waals surface area contributed by atoms with Crippen molar-refractivity contribution in [2.45, 2.75) is 25.9 Å². The van der Waals surface area contributed by atoms with Crippen LogP contribution in [0.15, 0.2) is 105 Å². The normalized spacial score (nSPS) is 16.6. The summed E-state index contributed by atoms with van der Waals surface area (Å²) in [6.45, 7) is 2.09. The summed E-state index contributed by atoms with van der Waals surface area (Å²) in [5.41, 5.74) is 2.52. The van der Waals surface area contributed by atoms with Crippen LogP contribution in [0.1, 0.15) is 30.7 Å². The summed E-state index contributed by atoms with van der Waals surface area (Å²) in [5.74, 6) is 1.36. The lowest BCUT2D eigenvalue weighted by Crippen LogP contribution is -2.37. The maximum absolute atomic E-state index is 13.0. The largest absolute Gasteiger partial charge is 0.467 e. The molecule has 3 heterocycles. The molecule has 8 nitrogen and oxygen atoms in total. The van der Waals surface area contributed by atoms with Crippen LogP contribution in [0.25, 0.3) is 0 Å². The Kier molecular flexibility index (Phi) is 7.14. The maximum Gasteiger partial charge on any atom is 0.338 e. The van der Waals surface area contributed by atoms with E-state index in [0.29, 0.717) is 40.2 Å². The number of carbonyl (C=O) groups excluding carboxylic acids is 2. The van der Waals surface area contributed by atoms with Crippen LogP contribution < -0.4 is 10.1 Å². The summed E-state index contributed by atoms with van der Waals surface area (Å²) in [6.07, 6.45) is 1.67. The number of aliphatic imine (C=N–C) groups is 1. The van der Waals surface area contributed by atoms with Gasteiger partial charge in [0.15, 0.2) is 5.17 Å². The van der Waals surface area contributed by atoms with Crippen LogP contribution in [0, 0.1) is 0 Å². The van der Waals surface area contributed by atoms with Gasteiger partial charge in [0.25, 0.3) is 0 Å². The summed E-state index contributed by atoms with van der Waals surface area (Å²) in [5, 5.41) is 5.47. The number of rotatable bonds is 8. The molecule has 3 aromatic rings. The molecule has 5 rings (SSSR count). The molecule has 1 N–H and O–H groups in total. The molecule has 1 amide bonds. The Hall–Kier alpha value is -4.24. The van der Waals surface area contributed by atoms with E-state index in [-0.39, 0.29) is 12.3 Å². The third-order valence-corrected chi connectivity index (χ3v) is 6.83. The van der Waals surface area contributed by atoms with Crippen molar-refractivity contribution in [2.24, 2.45) is 4.99 Å². The van der Waals surface area contributed by atoms with Crippen molar-refractivity contribution in [3.63, 3.8) is 0 Å². The molecule has 188 valence electrons. The maximum atomic E-state index is 13.0. The second-order valence-corrected chi connectivity index (χ2v) is 9.24. The first-order chi connectivity index (χ1) is 18.0. The van der Waals surface area contributed by atoms with Crippen molar-refractivity contribution in [3.05, 3.63) is 107 Å². The van der Waals surface area contributed by atoms with Crippen LogP contribution in [0.4, 0.5) is 0 Å². The Balaban J connectivity index is 1.45. The van der Waals surface area contributed by atoms with E-state index in [4.69, 9.17) is 13.9 Å². The van der Waals surface area contributed by atoms with Crippen molar-refractivity contribution < 1.29 is 23.5 Å². The number of allylic oxidation sites excluding steroid dienone is 1. The number of hydrogen-bond acceptors (Lipinski definition) is 8. The van der Waals surface area contributed by atoms with E-state index >= 15 is 0 Å². The van der Waals surface area contributed by atoms with Crippen LogP contribution in [0.2, 0.25) is 0 Å². The number of hydrogen-bond donors (Lipinski definition) is 1. The average Bonchev–Trinajstić information content (AvgIpc) is 3.57. The number of benzene rings is 2. The molecule has 0 aliphatic carbocycles. The number of para-hydroxylation sites is 1. The van der Waals surface area contributed by atoms with Crippen LogP contribution in [0.3, 0.4) is 0 Å². The number of amides is 1. The van der Waals surface area contributed by atoms with Crippen molar-refractivity contribution in [1.82, 2.24) is 10.2 Å². The van der Waals surface area contributed by atoms with Crippen LogP contribution in [-0.4, -0.2) is 29.1 Å². The van der Waals surface area contributed by atoms with Gasteiger partial charge in [-0.15, -0.1) is 0 Å². The van der Waals surface area contributed by atoms with Gasteiger partial charge in [0.2, 0.25) is 5.91 Å². The van der Waals surface area contributed by atoms with Crippen molar-refractivity contribution in [2.75, 3.05) is 7.11 Å². The molecule has 0 spiro atoms. The summed E-state index contributed by atoms with van der Waals surface area (Å²) < 4.78 is 16.5.